The van der Waals surface area contributed by atoms with E-state index in [0.717, 1.165) is 6.42 Å². The van der Waals surface area contributed by atoms with Crippen LogP contribution in [0.5, 0.6) is 5.88 Å². The van der Waals surface area contributed by atoms with Crippen LogP contribution in [0.1, 0.15) is 72.4 Å². The highest BCUT2D eigenvalue weighted by Crippen LogP contribution is 2.28. The number of hydrogen-bond acceptors (Lipinski definition) is 7. The van der Waals surface area contributed by atoms with Gasteiger partial charge in [-0.05, 0) is 31.7 Å². The third-order valence-corrected chi connectivity index (χ3v) is 7.20. The maximum absolute atomic E-state index is 13.6. The number of ether oxygens (including phenoxy) is 1. The average molecular weight is 506 g/mol. The van der Waals surface area contributed by atoms with E-state index in [1.54, 1.807) is 24.2 Å². The summed E-state index contributed by atoms with van der Waals surface area (Å²) in [7, 11) is 1.68. The van der Waals surface area contributed by atoms with E-state index in [2.05, 4.69) is 26.8 Å². The normalized spacial score (nSPS) is 20.6. The van der Waals surface area contributed by atoms with Crippen LogP contribution in [0.15, 0.2) is 30.9 Å². The first-order valence-electron chi connectivity index (χ1n) is 13.0. The summed E-state index contributed by atoms with van der Waals surface area (Å²) in [6.07, 6.45) is 11.5. The van der Waals surface area contributed by atoms with Crippen LogP contribution in [0, 0.1) is 23.7 Å². The lowest BCUT2D eigenvalue weighted by molar-refractivity contribution is 0.0312. The summed E-state index contributed by atoms with van der Waals surface area (Å²) in [4.78, 5) is 42.2. The number of amides is 2. The molecule has 9 heteroatoms. The van der Waals surface area contributed by atoms with E-state index in [1.807, 2.05) is 13.8 Å². The van der Waals surface area contributed by atoms with Crippen molar-refractivity contribution in [1.82, 2.24) is 24.8 Å². The molecule has 1 aliphatic heterocycles. The van der Waals surface area contributed by atoms with Crippen molar-refractivity contribution in [3.63, 3.8) is 0 Å². The minimum atomic E-state index is -0.447. The van der Waals surface area contributed by atoms with Crippen LogP contribution in [0.25, 0.3) is 0 Å². The van der Waals surface area contributed by atoms with Crippen LogP contribution in [-0.2, 0) is 0 Å². The van der Waals surface area contributed by atoms with Crippen molar-refractivity contribution in [2.45, 2.75) is 58.1 Å². The van der Waals surface area contributed by atoms with Crippen LogP contribution >= 0.6 is 0 Å². The maximum atomic E-state index is 13.6. The highest BCUT2D eigenvalue weighted by atomic mass is 16.5. The predicted octanol–water partition coefficient (Wildman–Crippen LogP) is 2.80. The van der Waals surface area contributed by atoms with E-state index >= 15 is 0 Å². The molecule has 2 aromatic rings. The van der Waals surface area contributed by atoms with E-state index in [-0.39, 0.29) is 42.5 Å². The monoisotopic (exact) mass is 505 g/mol. The van der Waals surface area contributed by atoms with Crippen molar-refractivity contribution in [3.8, 4) is 17.7 Å². The zero-order valence-corrected chi connectivity index (χ0v) is 21.8. The lowest BCUT2D eigenvalue weighted by Gasteiger charge is -2.37. The summed E-state index contributed by atoms with van der Waals surface area (Å²) < 4.78 is 6.28. The molecule has 0 spiro atoms. The number of rotatable bonds is 6. The Bertz CT molecular complexity index is 1160. The van der Waals surface area contributed by atoms with Crippen molar-refractivity contribution in [2.24, 2.45) is 11.8 Å². The fourth-order valence-corrected chi connectivity index (χ4v) is 4.86. The van der Waals surface area contributed by atoms with Gasteiger partial charge < -0.3 is 19.6 Å². The molecular weight excluding hydrogens is 470 g/mol. The first-order valence-corrected chi connectivity index (χ1v) is 13.0. The molecule has 1 fully saturated rings. The Morgan fingerprint density at radius 2 is 2.05 bits per heavy atom. The highest BCUT2D eigenvalue weighted by molar-refractivity contribution is 5.97. The first-order chi connectivity index (χ1) is 17.9. The minimum Gasteiger partial charge on any atom is -0.472 e. The molecule has 1 saturated carbocycles. The van der Waals surface area contributed by atoms with Gasteiger partial charge in [0, 0.05) is 50.1 Å². The molecule has 9 nitrogen and oxygen atoms in total. The molecule has 196 valence electrons. The molecule has 0 radical (unpaired) electrons. The molecule has 3 atom stereocenters. The molecular formula is C28H35N5O4. The molecule has 2 aromatic heterocycles. The summed E-state index contributed by atoms with van der Waals surface area (Å²) in [5, 5.41) is 9.86. The molecule has 4 rings (SSSR count). The minimum absolute atomic E-state index is 0.143. The second-order valence-corrected chi connectivity index (χ2v) is 10.1. The Hall–Kier alpha value is -3.51. The summed E-state index contributed by atoms with van der Waals surface area (Å²) in [5.74, 6) is 6.62. The zero-order valence-electron chi connectivity index (χ0n) is 21.8. The zero-order chi connectivity index (χ0) is 26.4. The largest absolute Gasteiger partial charge is 0.472 e. The quantitative estimate of drug-likeness (QED) is 0.602. The van der Waals surface area contributed by atoms with Gasteiger partial charge in [0.2, 0.25) is 5.88 Å². The number of carbonyl (C=O) groups is 2. The van der Waals surface area contributed by atoms with E-state index in [0.29, 0.717) is 23.6 Å². The Labute approximate surface area is 218 Å². The topological polar surface area (TPSA) is 109 Å². The highest BCUT2D eigenvalue weighted by Gasteiger charge is 2.35. The number of aliphatic hydroxyl groups is 1. The number of aromatic nitrogens is 3. The predicted molar refractivity (Wildman–Crippen MR) is 138 cm³/mol. The molecule has 37 heavy (non-hydrogen) atoms. The smallest absolute Gasteiger partial charge is 0.273 e. The Morgan fingerprint density at radius 1 is 1.27 bits per heavy atom. The van der Waals surface area contributed by atoms with E-state index in [9.17, 15) is 14.7 Å². The molecule has 1 N–H and O–H groups in total. The average Bonchev–Trinajstić information content (AvgIpc) is 3.44. The van der Waals surface area contributed by atoms with Crippen molar-refractivity contribution < 1.29 is 19.4 Å². The van der Waals surface area contributed by atoms with Gasteiger partial charge in [-0.3, -0.25) is 14.6 Å². The lowest BCUT2D eigenvalue weighted by Crippen LogP contribution is -2.50. The molecule has 0 unspecified atom stereocenters. The SMILES string of the molecule is C[C@H]1CN([C@@H](C)CO)C(=O)c2cc(C#CCC3CCCC3)cnc2O[C@H]1CN(C)C(=O)c1cnccn1. The Kier molecular flexibility index (Phi) is 8.72. The van der Waals surface area contributed by atoms with Crippen LogP contribution in [-0.4, -0.2) is 80.6 Å². The molecule has 0 aromatic carbocycles. The number of aliphatic hydroxyl groups excluding tert-OH is 1. The van der Waals surface area contributed by atoms with E-state index < -0.39 is 12.1 Å². The first kappa shape index (κ1) is 26.6. The van der Waals surface area contributed by atoms with Gasteiger partial charge in [0.25, 0.3) is 11.8 Å². The van der Waals surface area contributed by atoms with Crippen molar-refractivity contribution in [2.75, 3.05) is 26.7 Å². The fraction of sp³-hybridized carbons (Fsp3) is 0.536. The van der Waals surface area contributed by atoms with Crippen LogP contribution in [0.3, 0.4) is 0 Å². The second kappa shape index (κ2) is 12.2. The van der Waals surface area contributed by atoms with Crippen LogP contribution < -0.4 is 4.74 Å². The lowest BCUT2D eigenvalue weighted by atomic mass is 9.99. The summed E-state index contributed by atoms with van der Waals surface area (Å²) in [5.41, 5.74) is 1.21. The van der Waals surface area contributed by atoms with Crippen molar-refractivity contribution in [3.05, 3.63) is 47.7 Å². The number of hydrogen-bond donors (Lipinski definition) is 1. The summed E-state index contributed by atoms with van der Waals surface area (Å²) in [6, 6.07) is 1.34. The molecule has 0 bridgehead atoms. The number of nitrogens with zero attached hydrogens (tertiary/aromatic N) is 5. The van der Waals surface area contributed by atoms with Gasteiger partial charge in [-0.1, -0.05) is 31.6 Å². The van der Waals surface area contributed by atoms with Gasteiger partial charge in [-0.2, -0.15) is 0 Å². The third-order valence-electron chi connectivity index (χ3n) is 7.20. The van der Waals surface area contributed by atoms with Gasteiger partial charge >= 0.3 is 0 Å². The van der Waals surface area contributed by atoms with Gasteiger partial charge in [-0.15, -0.1) is 0 Å². The van der Waals surface area contributed by atoms with Crippen LogP contribution in [0.2, 0.25) is 0 Å². The van der Waals surface area contributed by atoms with Gasteiger partial charge in [0.05, 0.1) is 25.4 Å². The Morgan fingerprint density at radius 3 is 2.76 bits per heavy atom. The Balaban J connectivity index is 1.59. The van der Waals surface area contributed by atoms with Crippen molar-refractivity contribution >= 4 is 11.8 Å². The third kappa shape index (κ3) is 6.44. The number of fused-ring (bicyclic) bond motifs is 1. The van der Waals surface area contributed by atoms with E-state index in [1.165, 1.54) is 49.2 Å². The number of likely N-dealkylation sites (N-methyl/N-ethyl adjacent to an activating group) is 1. The number of pyridine rings is 1. The van der Waals surface area contributed by atoms with Crippen LogP contribution in [0.4, 0.5) is 0 Å². The molecule has 3 heterocycles. The van der Waals surface area contributed by atoms with Gasteiger partial charge in [0.1, 0.15) is 17.4 Å². The molecule has 2 aliphatic rings. The molecule has 2 amide bonds. The second-order valence-electron chi connectivity index (χ2n) is 10.1. The molecule has 0 saturated heterocycles. The maximum Gasteiger partial charge on any atom is 0.273 e. The molecule has 1 aliphatic carbocycles. The standard InChI is InChI=1S/C28H35N5O4/c1-19-16-33(20(2)18-34)27(35)23-13-22(10-6-9-21-7-4-5-8-21)14-31-26(23)37-25(19)17-32(3)28(36)24-15-29-11-12-30-24/h11-15,19-21,25,34H,4-5,7-9,16-18H2,1-3H3/t19-,20-,25-/m0/s1. The fourth-order valence-electron chi connectivity index (χ4n) is 4.86. The number of carbonyl (C=O) groups excluding carboxylic acids is 2. The summed E-state index contributed by atoms with van der Waals surface area (Å²) >= 11 is 0. The van der Waals surface area contributed by atoms with Crippen molar-refractivity contribution in [1.29, 1.82) is 0 Å². The van der Waals surface area contributed by atoms with Gasteiger partial charge in [0.15, 0.2) is 0 Å². The summed E-state index contributed by atoms with van der Waals surface area (Å²) in [6.45, 7) is 4.22. The van der Waals surface area contributed by atoms with Gasteiger partial charge in [-0.25, -0.2) is 9.97 Å². The van der Waals surface area contributed by atoms with E-state index in [4.69, 9.17) is 4.74 Å².